The van der Waals surface area contributed by atoms with Crippen LogP contribution in [0.4, 0.5) is 10.5 Å². The second-order valence-electron chi connectivity index (χ2n) is 6.87. The molecule has 7 nitrogen and oxygen atoms in total. The Morgan fingerprint density at radius 1 is 1.29 bits per heavy atom. The van der Waals surface area contributed by atoms with Crippen molar-refractivity contribution in [3.8, 4) is 5.75 Å². The summed E-state index contributed by atoms with van der Waals surface area (Å²) in [6, 6.07) is 5.11. The van der Waals surface area contributed by atoms with Crippen molar-refractivity contribution in [2.45, 2.75) is 46.7 Å². The highest BCUT2D eigenvalue weighted by Gasteiger charge is 2.18. The summed E-state index contributed by atoms with van der Waals surface area (Å²) in [4.78, 5) is 24.6. The Morgan fingerprint density at radius 2 is 2.00 bits per heavy atom. The van der Waals surface area contributed by atoms with Crippen LogP contribution in [0.2, 0.25) is 0 Å². The zero-order valence-electron chi connectivity index (χ0n) is 16.9. The van der Waals surface area contributed by atoms with Crippen molar-refractivity contribution >= 4 is 35.0 Å². The van der Waals surface area contributed by atoms with Crippen LogP contribution in [0.15, 0.2) is 23.0 Å². The minimum absolute atomic E-state index is 0. The Hall–Kier alpha value is -2.25. The molecule has 28 heavy (non-hydrogen) atoms. The zero-order valence-corrected chi connectivity index (χ0v) is 17.7. The number of hydrogen-bond acceptors (Lipinski definition) is 5. The maximum absolute atomic E-state index is 13.1. The maximum Gasteiger partial charge on any atom is 0.411 e. The van der Waals surface area contributed by atoms with Crippen molar-refractivity contribution in [1.82, 2.24) is 4.57 Å². The number of nitrogens with zero attached hydrogens (tertiary/aromatic N) is 1. The third kappa shape index (κ3) is 5.39. The molecule has 0 saturated heterocycles. The molecule has 0 saturated carbocycles. The Kier molecular flexibility index (Phi) is 9.28. The van der Waals surface area contributed by atoms with Crippen LogP contribution in [0.5, 0.6) is 5.75 Å². The lowest BCUT2D eigenvalue weighted by molar-refractivity contribution is 0.187. The first-order valence-corrected chi connectivity index (χ1v) is 9.30. The SMILES string of the molecule is CCCCOc1c(CN)n(CC(C)C)c(=O)c2ccc(NC(=O)OC)cc12.Cl. The van der Waals surface area contributed by atoms with E-state index in [1.54, 1.807) is 22.8 Å². The predicted molar refractivity (Wildman–Crippen MR) is 115 cm³/mol. The van der Waals surface area contributed by atoms with Crippen LogP contribution in [0.25, 0.3) is 10.8 Å². The Balaban J connectivity index is 0.00000392. The van der Waals surface area contributed by atoms with Gasteiger partial charge in [0.15, 0.2) is 0 Å². The van der Waals surface area contributed by atoms with E-state index in [2.05, 4.69) is 30.8 Å². The van der Waals surface area contributed by atoms with Crippen molar-refractivity contribution in [3.63, 3.8) is 0 Å². The van der Waals surface area contributed by atoms with E-state index in [0.717, 1.165) is 12.8 Å². The van der Waals surface area contributed by atoms with Crippen molar-refractivity contribution in [1.29, 1.82) is 0 Å². The minimum Gasteiger partial charge on any atom is -0.491 e. The Bertz CT molecular complexity index is 865. The molecule has 0 aliphatic carbocycles. The van der Waals surface area contributed by atoms with Gasteiger partial charge in [0.1, 0.15) is 5.75 Å². The third-order valence-electron chi connectivity index (χ3n) is 4.24. The van der Waals surface area contributed by atoms with Crippen molar-refractivity contribution in [2.24, 2.45) is 11.7 Å². The molecule has 0 aliphatic heterocycles. The van der Waals surface area contributed by atoms with Gasteiger partial charge in [0, 0.05) is 24.2 Å². The molecular weight excluding hydrogens is 382 g/mol. The molecule has 1 heterocycles. The van der Waals surface area contributed by atoms with E-state index in [0.29, 0.717) is 41.1 Å². The van der Waals surface area contributed by atoms with E-state index < -0.39 is 6.09 Å². The summed E-state index contributed by atoms with van der Waals surface area (Å²) in [5, 5.41) is 3.81. The van der Waals surface area contributed by atoms with Crippen molar-refractivity contribution in [3.05, 3.63) is 34.2 Å². The number of aromatic nitrogens is 1. The predicted octanol–water partition coefficient (Wildman–Crippen LogP) is 3.90. The highest BCUT2D eigenvalue weighted by Crippen LogP contribution is 2.31. The second-order valence-corrected chi connectivity index (χ2v) is 6.87. The minimum atomic E-state index is -0.574. The van der Waals surface area contributed by atoms with Crippen LogP contribution >= 0.6 is 12.4 Å². The number of amides is 1. The number of unbranched alkanes of at least 4 members (excludes halogenated alkanes) is 1. The molecule has 0 aliphatic rings. The van der Waals surface area contributed by atoms with Gasteiger partial charge < -0.3 is 19.8 Å². The molecule has 1 aromatic carbocycles. The highest BCUT2D eigenvalue weighted by molar-refractivity contribution is 5.94. The van der Waals surface area contributed by atoms with Crippen LogP contribution in [-0.4, -0.2) is 24.4 Å². The third-order valence-corrected chi connectivity index (χ3v) is 4.24. The van der Waals surface area contributed by atoms with E-state index in [-0.39, 0.29) is 30.4 Å². The van der Waals surface area contributed by atoms with Gasteiger partial charge in [-0.3, -0.25) is 10.1 Å². The molecular formula is C20H30ClN3O4. The number of ether oxygens (including phenoxy) is 2. The number of nitrogens with two attached hydrogens (primary N) is 1. The number of benzene rings is 1. The van der Waals surface area contributed by atoms with Gasteiger partial charge in [0.05, 0.1) is 24.8 Å². The molecule has 0 radical (unpaired) electrons. The smallest absolute Gasteiger partial charge is 0.411 e. The molecule has 0 spiro atoms. The quantitative estimate of drug-likeness (QED) is 0.642. The second kappa shape index (κ2) is 10.9. The standard InChI is InChI=1S/C20H29N3O4.ClH/c1-5-6-9-27-18-16-10-14(22-20(25)26-4)7-8-15(16)19(24)23(12-13(2)3)17(18)11-21;/h7-8,10,13H,5-6,9,11-12,21H2,1-4H3,(H,22,25);1H. The Morgan fingerprint density at radius 3 is 2.57 bits per heavy atom. The molecule has 156 valence electrons. The summed E-state index contributed by atoms with van der Waals surface area (Å²) in [6.07, 6.45) is 1.32. The summed E-state index contributed by atoms with van der Waals surface area (Å²) < 4.78 is 12.4. The molecule has 0 fully saturated rings. The van der Waals surface area contributed by atoms with Gasteiger partial charge >= 0.3 is 6.09 Å². The highest BCUT2D eigenvalue weighted by atomic mass is 35.5. The normalized spacial score (nSPS) is 10.6. The maximum atomic E-state index is 13.1. The number of pyridine rings is 1. The van der Waals surface area contributed by atoms with Gasteiger partial charge in [-0.2, -0.15) is 0 Å². The summed E-state index contributed by atoms with van der Waals surface area (Å²) >= 11 is 0. The first-order valence-electron chi connectivity index (χ1n) is 9.30. The lowest BCUT2D eigenvalue weighted by atomic mass is 10.1. The van der Waals surface area contributed by atoms with E-state index in [1.165, 1.54) is 7.11 Å². The summed E-state index contributed by atoms with van der Waals surface area (Å²) in [5.41, 5.74) is 7.10. The summed E-state index contributed by atoms with van der Waals surface area (Å²) in [6.45, 7) is 7.48. The molecule has 0 atom stereocenters. The monoisotopic (exact) mass is 411 g/mol. The number of fused-ring (bicyclic) bond motifs is 1. The molecule has 0 bridgehead atoms. The Labute approximate surface area is 171 Å². The lowest BCUT2D eigenvalue weighted by Crippen LogP contribution is -2.28. The first kappa shape index (κ1) is 23.8. The van der Waals surface area contributed by atoms with Crippen molar-refractivity contribution in [2.75, 3.05) is 19.0 Å². The zero-order chi connectivity index (χ0) is 20.0. The largest absolute Gasteiger partial charge is 0.491 e. The number of rotatable bonds is 8. The van der Waals surface area contributed by atoms with Crippen molar-refractivity contribution < 1.29 is 14.3 Å². The van der Waals surface area contributed by atoms with Gasteiger partial charge in [-0.15, -0.1) is 12.4 Å². The van der Waals surface area contributed by atoms with Gasteiger partial charge in [0.2, 0.25) is 0 Å². The molecule has 3 N–H and O–H groups in total. The average Bonchev–Trinajstić information content (AvgIpc) is 2.64. The van der Waals surface area contributed by atoms with Gasteiger partial charge in [-0.1, -0.05) is 27.2 Å². The first-order chi connectivity index (χ1) is 12.9. The van der Waals surface area contributed by atoms with Crippen LogP contribution in [0.1, 0.15) is 39.3 Å². The molecule has 0 unspecified atom stereocenters. The van der Waals surface area contributed by atoms with E-state index >= 15 is 0 Å². The number of nitrogens with one attached hydrogen (secondary N) is 1. The number of carbonyl (C=O) groups is 1. The molecule has 1 amide bonds. The average molecular weight is 412 g/mol. The van der Waals surface area contributed by atoms with Crippen LogP contribution in [0.3, 0.4) is 0 Å². The fourth-order valence-corrected chi connectivity index (χ4v) is 2.95. The number of carbonyl (C=O) groups excluding carboxylic acids is 1. The fourth-order valence-electron chi connectivity index (χ4n) is 2.95. The molecule has 2 rings (SSSR count). The van der Waals surface area contributed by atoms with E-state index in [9.17, 15) is 9.59 Å². The number of hydrogen-bond donors (Lipinski definition) is 2. The van der Waals surface area contributed by atoms with E-state index in [4.69, 9.17) is 10.5 Å². The molecule has 8 heteroatoms. The van der Waals surface area contributed by atoms with Crippen LogP contribution in [0, 0.1) is 5.92 Å². The number of methoxy groups -OCH3 is 1. The molecule has 2 aromatic rings. The lowest BCUT2D eigenvalue weighted by Gasteiger charge is -2.21. The van der Waals surface area contributed by atoms with Gasteiger partial charge in [-0.25, -0.2) is 4.79 Å². The van der Waals surface area contributed by atoms with E-state index in [1.807, 2.05) is 0 Å². The van der Waals surface area contributed by atoms with Crippen LogP contribution < -0.4 is 21.3 Å². The topological polar surface area (TPSA) is 95.6 Å². The van der Waals surface area contributed by atoms with Gasteiger partial charge in [-0.05, 0) is 30.5 Å². The van der Waals surface area contributed by atoms with Gasteiger partial charge in [0.25, 0.3) is 5.56 Å². The van der Waals surface area contributed by atoms with Crippen LogP contribution in [-0.2, 0) is 17.8 Å². The fraction of sp³-hybridized carbons (Fsp3) is 0.500. The molecule has 1 aromatic heterocycles. The number of halogens is 1. The summed E-state index contributed by atoms with van der Waals surface area (Å²) in [5.74, 6) is 0.893. The number of anilines is 1. The summed E-state index contributed by atoms with van der Waals surface area (Å²) in [7, 11) is 1.30.